The minimum Gasteiger partial charge on any atom is -0.385 e. The smallest absolute Gasteiger partial charge is 0.239 e. The minimum atomic E-state index is -0.356. The molecule has 0 saturated carbocycles. The van der Waals surface area contributed by atoms with Crippen LogP contribution in [0.4, 0.5) is 0 Å². The third-order valence-electron chi connectivity index (χ3n) is 2.17. The van der Waals surface area contributed by atoms with E-state index in [9.17, 15) is 4.79 Å². The minimum absolute atomic E-state index is 0.0279. The van der Waals surface area contributed by atoms with Crippen LogP contribution in [0.5, 0.6) is 0 Å². The van der Waals surface area contributed by atoms with E-state index in [1.54, 1.807) is 30.8 Å². The molecule has 0 aliphatic heterocycles. The summed E-state index contributed by atoms with van der Waals surface area (Å²) in [5, 5.41) is 0. The van der Waals surface area contributed by atoms with Gasteiger partial charge >= 0.3 is 0 Å². The lowest BCUT2D eigenvalue weighted by atomic mass is 10.2. The van der Waals surface area contributed by atoms with Crippen LogP contribution < -0.4 is 5.73 Å². The van der Waals surface area contributed by atoms with Gasteiger partial charge in [0.2, 0.25) is 5.91 Å². The van der Waals surface area contributed by atoms with Crippen LogP contribution in [0, 0.1) is 0 Å². The fourth-order valence-electron chi connectivity index (χ4n) is 1.21. The summed E-state index contributed by atoms with van der Waals surface area (Å²) in [6, 6.07) is -0.356. The number of amides is 1. The van der Waals surface area contributed by atoms with E-state index in [1.807, 2.05) is 6.26 Å². The highest BCUT2D eigenvalue weighted by molar-refractivity contribution is 7.98. The van der Waals surface area contributed by atoms with Crippen LogP contribution in [0.2, 0.25) is 0 Å². The zero-order valence-electron chi connectivity index (χ0n) is 9.86. The van der Waals surface area contributed by atoms with Crippen molar-refractivity contribution < 1.29 is 9.53 Å². The van der Waals surface area contributed by atoms with Gasteiger partial charge in [-0.15, -0.1) is 0 Å². The van der Waals surface area contributed by atoms with Gasteiger partial charge < -0.3 is 15.4 Å². The van der Waals surface area contributed by atoms with Gasteiger partial charge in [-0.25, -0.2) is 0 Å². The zero-order chi connectivity index (χ0) is 11.7. The van der Waals surface area contributed by atoms with E-state index >= 15 is 0 Å². The van der Waals surface area contributed by atoms with Gasteiger partial charge in [-0.3, -0.25) is 4.79 Å². The van der Waals surface area contributed by atoms with Gasteiger partial charge in [-0.2, -0.15) is 11.8 Å². The topological polar surface area (TPSA) is 55.6 Å². The Bertz CT molecular complexity index is 179. The number of hydrogen-bond acceptors (Lipinski definition) is 4. The number of likely N-dealkylation sites (N-methyl/N-ethyl adjacent to an activating group) is 1. The predicted octanol–water partition coefficient (Wildman–Crippen LogP) is 0.562. The van der Waals surface area contributed by atoms with Crippen molar-refractivity contribution in [3.05, 3.63) is 0 Å². The standard InChI is InChI=1S/C10H22N2O2S/c1-12(6-4-7-14-2)10(13)9(11)5-8-15-3/h9H,4-8,11H2,1-3H3/t9-/m0/s1. The Labute approximate surface area is 96.5 Å². The summed E-state index contributed by atoms with van der Waals surface area (Å²) in [6.45, 7) is 1.39. The van der Waals surface area contributed by atoms with E-state index in [0.717, 1.165) is 18.6 Å². The molecule has 0 aliphatic carbocycles. The van der Waals surface area contributed by atoms with Crippen LogP contribution >= 0.6 is 11.8 Å². The molecule has 1 atom stereocenters. The quantitative estimate of drug-likeness (QED) is 0.624. The molecule has 4 nitrogen and oxygen atoms in total. The molecule has 0 bridgehead atoms. The highest BCUT2D eigenvalue weighted by Crippen LogP contribution is 2.02. The lowest BCUT2D eigenvalue weighted by Crippen LogP contribution is -2.42. The Balaban J connectivity index is 3.75. The van der Waals surface area contributed by atoms with E-state index in [0.29, 0.717) is 13.2 Å². The van der Waals surface area contributed by atoms with Gasteiger partial charge in [0, 0.05) is 27.3 Å². The van der Waals surface area contributed by atoms with Crippen molar-refractivity contribution in [3.63, 3.8) is 0 Å². The number of carbonyl (C=O) groups is 1. The Morgan fingerprint density at radius 2 is 2.27 bits per heavy atom. The molecule has 1 amide bonds. The summed E-state index contributed by atoms with van der Waals surface area (Å²) in [7, 11) is 3.45. The van der Waals surface area contributed by atoms with Crippen molar-refractivity contribution >= 4 is 17.7 Å². The molecule has 0 rings (SSSR count). The maximum absolute atomic E-state index is 11.7. The van der Waals surface area contributed by atoms with Crippen LogP contribution in [0.1, 0.15) is 12.8 Å². The fourth-order valence-corrected chi connectivity index (χ4v) is 1.70. The van der Waals surface area contributed by atoms with Gasteiger partial charge in [0.25, 0.3) is 0 Å². The Hall–Kier alpha value is -0.260. The average Bonchev–Trinajstić information content (AvgIpc) is 2.24. The van der Waals surface area contributed by atoms with Crippen molar-refractivity contribution in [1.29, 1.82) is 0 Å². The molecular weight excluding hydrogens is 212 g/mol. The summed E-state index contributed by atoms with van der Waals surface area (Å²) in [4.78, 5) is 13.4. The van der Waals surface area contributed by atoms with Gasteiger partial charge in [0.05, 0.1) is 6.04 Å². The summed E-state index contributed by atoms with van der Waals surface area (Å²) in [5.41, 5.74) is 5.77. The lowest BCUT2D eigenvalue weighted by molar-refractivity contribution is -0.131. The monoisotopic (exact) mass is 234 g/mol. The third-order valence-corrected chi connectivity index (χ3v) is 2.81. The van der Waals surface area contributed by atoms with Crippen LogP contribution in [0.15, 0.2) is 0 Å². The SMILES string of the molecule is COCCCN(C)C(=O)[C@@H](N)CCSC. The summed E-state index contributed by atoms with van der Waals surface area (Å²) >= 11 is 1.71. The summed E-state index contributed by atoms with van der Waals surface area (Å²) in [6.07, 6.45) is 3.61. The maximum Gasteiger partial charge on any atom is 0.239 e. The Morgan fingerprint density at radius 1 is 1.60 bits per heavy atom. The van der Waals surface area contributed by atoms with Gasteiger partial charge in [-0.05, 0) is 24.9 Å². The Kier molecular flexibility index (Phi) is 8.85. The van der Waals surface area contributed by atoms with Crippen LogP contribution in [-0.4, -0.2) is 56.2 Å². The molecule has 0 heterocycles. The number of nitrogens with two attached hydrogens (primary N) is 1. The van der Waals surface area contributed by atoms with E-state index in [2.05, 4.69) is 0 Å². The molecule has 0 aromatic heterocycles. The lowest BCUT2D eigenvalue weighted by Gasteiger charge is -2.20. The number of nitrogens with zero attached hydrogens (tertiary/aromatic N) is 1. The van der Waals surface area contributed by atoms with Crippen molar-refractivity contribution in [3.8, 4) is 0 Å². The van der Waals surface area contributed by atoms with Crippen LogP contribution in [0.3, 0.4) is 0 Å². The molecule has 0 aromatic rings. The normalized spacial score (nSPS) is 12.5. The molecule has 2 N–H and O–H groups in total. The highest BCUT2D eigenvalue weighted by atomic mass is 32.2. The zero-order valence-corrected chi connectivity index (χ0v) is 10.7. The number of hydrogen-bond donors (Lipinski definition) is 1. The molecule has 0 saturated heterocycles. The van der Waals surface area contributed by atoms with Gasteiger partial charge in [-0.1, -0.05) is 0 Å². The van der Waals surface area contributed by atoms with E-state index in [-0.39, 0.29) is 11.9 Å². The number of carbonyl (C=O) groups excluding carboxylic acids is 1. The molecule has 0 fully saturated rings. The highest BCUT2D eigenvalue weighted by Gasteiger charge is 2.16. The first kappa shape index (κ1) is 14.7. The molecule has 0 aliphatic rings. The molecule has 0 spiro atoms. The van der Waals surface area contributed by atoms with E-state index in [1.165, 1.54) is 0 Å². The summed E-state index contributed by atoms with van der Waals surface area (Å²) < 4.78 is 4.92. The first-order valence-corrected chi connectivity index (χ1v) is 6.51. The average molecular weight is 234 g/mol. The van der Waals surface area contributed by atoms with E-state index in [4.69, 9.17) is 10.5 Å². The van der Waals surface area contributed by atoms with Crippen molar-refractivity contribution in [2.45, 2.75) is 18.9 Å². The molecular formula is C10H22N2O2S. The molecule has 0 unspecified atom stereocenters. The van der Waals surface area contributed by atoms with Crippen molar-refractivity contribution in [2.24, 2.45) is 5.73 Å². The maximum atomic E-state index is 11.7. The molecule has 15 heavy (non-hydrogen) atoms. The van der Waals surface area contributed by atoms with Crippen molar-refractivity contribution in [1.82, 2.24) is 4.90 Å². The molecule has 90 valence electrons. The van der Waals surface area contributed by atoms with Crippen LogP contribution in [0.25, 0.3) is 0 Å². The second-order valence-electron chi connectivity index (χ2n) is 3.49. The molecule has 0 aromatic carbocycles. The predicted molar refractivity (Wildman–Crippen MR) is 65.1 cm³/mol. The van der Waals surface area contributed by atoms with Crippen LogP contribution in [-0.2, 0) is 9.53 Å². The van der Waals surface area contributed by atoms with Gasteiger partial charge in [0.15, 0.2) is 0 Å². The second-order valence-corrected chi connectivity index (χ2v) is 4.48. The number of ether oxygens (including phenoxy) is 1. The first-order valence-electron chi connectivity index (χ1n) is 5.12. The van der Waals surface area contributed by atoms with Gasteiger partial charge in [0.1, 0.15) is 0 Å². The van der Waals surface area contributed by atoms with E-state index < -0.39 is 0 Å². The largest absolute Gasteiger partial charge is 0.385 e. The third kappa shape index (κ3) is 6.76. The second kappa shape index (κ2) is 9.00. The first-order chi connectivity index (χ1) is 7.13. The number of rotatable bonds is 8. The number of methoxy groups -OCH3 is 1. The molecule has 0 radical (unpaired) electrons. The van der Waals surface area contributed by atoms with Crippen molar-refractivity contribution in [2.75, 3.05) is 39.3 Å². The summed E-state index contributed by atoms with van der Waals surface area (Å²) in [5.74, 6) is 0.957. The fraction of sp³-hybridized carbons (Fsp3) is 0.900. The Morgan fingerprint density at radius 3 is 2.80 bits per heavy atom. The number of thioether (sulfide) groups is 1. The molecule has 5 heteroatoms.